The molecule has 5 nitrogen and oxygen atoms in total. The van der Waals surface area contributed by atoms with Crippen molar-refractivity contribution in [1.82, 2.24) is 4.90 Å². The van der Waals surface area contributed by atoms with Crippen LogP contribution in [0.15, 0.2) is 0 Å². The highest BCUT2D eigenvalue weighted by Gasteiger charge is 2.28. The fourth-order valence-corrected chi connectivity index (χ4v) is 2.21. The molecule has 0 aliphatic carbocycles. The summed E-state index contributed by atoms with van der Waals surface area (Å²) in [4.78, 5) is 13.4. The van der Waals surface area contributed by atoms with Gasteiger partial charge >= 0.3 is 0 Å². The van der Waals surface area contributed by atoms with Gasteiger partial charge < -0.3 is 19.5 Å². The number of nitrogens with zero attached hydrogens (tertiary/aromatic N) is 1. The molecule has 0 saturated carbocycles. The minimum atomic E-state index is -0.211. The van der Waals surface area contributed by atoms with E-state index in [1.54, 1.807) is 0 Å². The van der Waals surface area contributed by atoms with Crippen molar-refractivity contribution in [3.63, 3.8) is 0 Å². The van der Waals surface area contributed by atoms with Gasteiger partial charge in [-0.15, -0.1) is 0 Å². The van der Waals surface area contributed by atoms with E-state index in [-0.39, 0.29) is 25.2 Å². The van der Waals surface area contributed by atoms with Gasteiger partial charge in [0.2, 0.25) is 5.91 Å². The number of morpholine rings is 1. The van der Waals surface area contributed by atoms with Crippen molar-refractivity contribution in [2.24, 2.45) is 5.92 Å². The number of amides is 1. The first-order chi connectivity index (χ1) is 7.79. The molecule has 2 rings (SSSR count). The van der Waals surface area contributed by atoms with E-state index in [0.29, 0.717) is 12.5 Å². The Morgan fingerprint density at radius 3 is 2.81 bits per heavy atom. The summed E-state index contributed by atoms with van der Waals surface area (Å²) in [5.74, 6) is 0.575. The zero-order chi connectivity index (χ0) is 11.4. The molecule has 5 heteroatoms. The van der Waals surface area contributed by atoms with Crippen molar-refractivity contribution in [3.05, 3.63) is 0 Å². The largest absolute Gasteiger partial charge is 0.394 e. The molecule has 0 spiro atoms. The maximum atomic E-state index is 11.6. The molecule has 16 heavy (non-hydrogen) atoms. The first-order valence-corrected chi connectivity index (χ1v) is 5.87. The van der Waals surface area contributed by atoms with Crippen LogP contribution in [0.4, 0.5) is 0 Å². The number of carbonyl (C=O) groups excluding carboxylic acids is 1. The third-order valence-corrected chi connectivity index (χ3v) is 3.24. The Bertz CT molecular complexity index is 240. The number of hydrogen-bond acceptors (Lipinski definition) is 4. The molecular weight excluding hydrogens is 210 g/mol. The summed E-state index contributed by atoms with van der Waals surface area (Å²) in [6.07, 6.45) is 1.83. The lowest BCUT2D eigenvalue weighted by molar-refractivity contribution is -0.152. The maximum Gasteiger partial charge on any atom is 0.248 e. The van der Waals surface area contributed by atoms with Crippen LogP contribution in [0, 0.1) is 5.92 Å². The molecule has 1 atom stereocenters. The normalized spacial score (nSPS) is 28.4. The van der Waals surface area contributed by atoms with Crippen LogP contribution in [0.1, 0.15) is 12.8 Å². The second kappa shape index (κ2) is 5.61. The van der Waals surface area contributed by atoms with Crippen LogP contribution in [0.5, 0.6) is 0 Å². The first kappa shape index (κ1) is 11.8. The minimum Gasteiger partial charge on any atom is -0.394 e. The van der Waals surface area contributed by atoms with Crippen molar-refractivity contribution in [3.8, 4) is 0 Å². The highest BCUT2D eigenvalue weighted by Crippen LogP contribution is 2.18. The Morgan fingerprint density at radius 2 is 2.12 bits per heavy atom. The second-order valence-electron chi connectivity index (χ2n) is 4.47. The average molecular weight is 229 g/mol. The quantitative estimate of drug-likeness (QED) is 0.717. The number of aliphatic hydroxyl groups is 1. The van der Waals surface area contributed by atoms with E-state index in [1.165, 1.54) is 0 Å². The molecule has 2 saturated heterocycles. The Kier molecular flexibility index (Phi) is 4.15. The van der Waals surface area contributed by atoms with Crippen LogP contribution < -0.4 is 0 Å². The molecule has 0 bridgehead atoms. The van der Waals surface area contributed by atoms with E-state index in [9.17, 15) is 4.79 Å². The topological polar surface area (TPSA) is 59.0 Å². The fourth-order valence-electron chi connectivity index (χ4n) is 2.21. The Labute approximate surface area is 95.3 Å². The molecule has 1 unspecified atom stereocenters. The van der Waals surface area contributed by atoms with E-state index >= 15 is 0 Å². The van der Waals surface area contributed by atoms with E-state index in [0.717, 1.165) is 32.6 Å². The highest BCUT2D eigenvalue weighted by molar-refractivity contribution is 5.78. The van der Waals surface area contributed by atoms with Crippen LogP contribution in [0.25, 0.3) is 0 Å². The summed E-state index contributed by atoms with van der Waals surface area (Å²) in [5, 5.41) is 9.02. The predicted octanol–water partition coefficient (Wildman–Crippen LogP) is -0.367. The number of hydrogen-bond donors (Lipinski definition) is 1. The lowest BCUT2D eigenvalue weighted by atomic mass is 9.99. The Hall–Kier alpha value is -0.650. The number of ether oxygens (including phenoxy) is 2. The van der Waals surface area contributed by atoms with Gasteiger partial charge in [-0.05, 0) is 18.8 Å². The summed E-state index contributed by atoms with van der Waals surface area (Å²) in [7, 11) is 0. The second-order valence-corrected chi connectivity index (χ2v) is 4.47. The van der Waals surface area contributed by atoms with Crippen LogP contribution in [-0.2, 0) is 14.3 Å². The Morgan fingerprint density at radius 1 is 1.38 bits per heavy atom. The van der Waals surface area contributed by atoms with Crippen molar-refractivity contribution in [1.29, 1.82) is 0 Å². The van der Waals surface area contributed by atoms with Crippen molar-refractivity contribution in [2.75, 3.05) is 39.5 Å². The zero-order valence-corrected chi connectivity index (χ0v) is 9.43. The van der Waals surface area contributed by atoms with Gasteiger partial charge in [0.25, 0.3) is 0 Å². The molecule has 0 aromatic carbocycles. The van der Waals surface area contributed by atoms with Gasteiger partial charge in [-0.2, -0.15) is 0 Å². The van der Waals surface area contributed by atoms with Gasteiger partial charge in [0.15, 0.2) is 0 Å². The third kappa shape index (κ3) is 2.93. The molecule has 1 amide bonds. The van der Waals surface area contributed by atoms with Crippen molar-refractivity contribution in [2.45, 2.75) is 18.9 Å². The van der Waals surface area contributed by atoms with Crippen molar-refractivity contribution < 1.29 is 19.4 Å². The summed E-state index contributed by atoms with van der Waals surface area (Å²) >= 11 is 0. The maximum absolute atomic E-state index is 11.6. The molecule has 2 heterocycles. The van der Waals surface area contributed by atoms with Crippen LogP contribution >= 0.6 is 0 Å². The summed E-state index contributed by atoms with van der Waals surface area (Å²) in [6, 6.07) is 0. The fraction of sp³-hybridized carbons (Fsp3) is 0.909. The van der Waals surface area contributed by atoms with E-state index in [4.69, 9.17) is 14.6 Å². The summed E-state index contributed by atoms with van der Waals surface area (Å²) in [6.45, 7) is 2.99. The smallest absolute Gasteiger partial charge is 0.248 e. The zero-order valence-electron chi connectivity index (χ0n) is 9.43. The van der Waals surface area contributed by atoms with E-state index < -0.39 is 0 Å². The standard InChI is InChI=1S/C11H19NO4/c13-7-10-6-12(11(14)8-16-10)5-9-1-3-15-4-2-9/h9-10,13H,1-8H2. The van der Waals surface area contributed by atoms with E-state index in [2.05, 4.69) is 0 Å². The molecule has 0 aromatic heterocycles. The first-order valence-electron chi connectivity index (χ1n) is 5.87. The summed E-state index contributed by atoms with van der Waals surface area (Å²) in [5.41, 5.74) is 0. The highest BCUT2D eigenvalue weighted by atomic mass is 16.5. The lowest BCUT2D eigenvalue weighted by Crippen LogP contribution is -2.49. The molecule has 0 radical (unpaired) electrons. The SMILES string of the molecule is O=C1COC(CO)CN1CC1CCOCC1. The Balaban J connectivity index is 1.83. The van der Waals surface area contributed by atoms with Gasteiger partial charge in [-0.3, -0.25) is 4.79 Å². The molecule has 2 aliphatic heterocycles. The van der Waals surface area contributed by atoms with Crippen LogP contribution in [-0.4, -0.2) is 61.5 Å². The van der Waals surface area contributed by atoms with Crippen LogP contribution in [0.3, 0.4) is 0 Å². The molecule has 1 N–H and O–H groups in total. The molecule has 92 valence electrons. The lowest BCUT2D eigenvalue weighted by Gasteiger charge is -2.35. The van der Waals surface area contributed by atoms with Crippen LogP contribution in [0.2, 0.25) is 0 Å². The average Bonchev–Trinajstić information content (AvgIpc) is 2.33. The van der Waals surface area contributed by atoms with Gasteiger partial charge in [-0.1, -0.05) is 0 Å². The number of aliphatic hydroxyl groups excluding tert-OH is 1. The molecule has 2 aliphatic rings. The molecular formula is C11H19NO4. The predicted molar refractivity (Wildman–Crippen MR) is 56.9 cm³/mol. The minimum absolute atomic E-state index is 0.0163. The van der Waals surface area contributed by atoms with Gasteiger partial charge in [-0.25, -0.2) is 0 Å². The van der Waals surface area contributed by atoms with Gasteiger partial charge in [0.1, 0.15) is 6.61 Å². The van der Waals surface area contributed by atoms with Gasteiger partial charge in [0.05, 0.1) is 12.7 Å². The molecule has 2 fully saturated rings. The van der Waals surface area contributed by atoms with Gasteiger partial charge in [0, 0.05) is 26.3 Å². The number of carbonyl (C=O) groups is 1. The van der Waals surface area contributed by atoms with E-state index in [1.807, 2.05) is 4.90 Å². The monoisotopic (exact) mass is 229 g/mol. The summed E-state index contributed by atoms with van der Waals surface area (Å²) < 4.78 is 10.5. The molecule has 0 aromatic rings. The number of rotatable bonds is 3. The third-order valence-electron chi connectivity index (χ3n) is 3.24. The van der Waals surface area contributed by atoms with Crippen molar-refractivity contribution >= 4 is 5.91 Å².